The van der Waals surface area contributed by atoms with Gasteiger partial charge < -0.3 is 14.8 Å². The minimum absolute atomic E-state index is 0.00296. The Morgan fingerprint density at radius 1 is 1.10 bits per heavy atom. The Morgan fingerprint density at radius 3 is 2.63 bits per heavy atom. The third-order valence-electron chi connectivity index (χ3n) is 4.78. The quantitative estimate of drug-likeness (QED) is 0.673. The molecule has 162 valence electrons. The highest BCUT2D eigenvalue weighted by molar-refractivity contribution is 7.89. The molecular formula is C21H25ClN2O5S. The number of hydrogen-bond donors (Lipinski definition) is 2. The van der Waals surface area contributed by atoms with Gasteiger partial charge in [-0.2, -0.15) is 0 Å². The highest BCUT2D eigenvalue weighted by Gasteiger charge is 2.17. The van der Waals surface area contributed by atoms with Gasteiger partial charge in [-0.15, -0.1) is 0 Å². The van der Waals surface area contributed by atoms with E-state index in [-0.39, 0.29) is 30.3 Å². The average Bonchev–Trinajstić information content (AvgIpc) is 2.94. The number of aryl methyl sites for hydroxylation is 2. The van der Waals surface area contributed by atoms with Crippen molar-refractivity contribution in [3.63, 3.8) is 0 Å². The number of carbonyl (C=O) groups is 1. The highest BCUT2D eigenvalue weighted by Crippen LogP contribution is 2.37. The molecular weight excluding hydrogens is 428 g/mol. The van der Waals surface area contributed by atoms with Crippen molar-refractivity contribution in [3.8, 4) is 11.5 Å². The molecule has 0 aliphatic carbocycles. The number of sulfonamides is 1. The monoisotopic (exact) mass is 452 g/mol. The van der Waals surface area contributed by atoms with E-state index in [0.717, 1.165) is 23.1 Å². The van der Waals surface area contributed by atoms with Crippen LogP contribution < -0.4 is 19.5 Å². The maximum Gasteiger partial charge on any atom is 0.240 e. The van der Waals surface area contributed by atoms with Crippen molar-refractivity contribution < 1.29 is 22.7 Å². The Morgan fingerprint density at radius 2 is 1.87 bits per heavy atom. The predicted octanol–water partition coefficient (Wildman–Crippen LogP) is 3.10. The fraction of sp³-hybridized carbons (Fsp3) is 0.381. The van der Waals surface area contributed by atoms with Crippen molar-refractivity contribution >= 4 is 27.5 Å². The Labute approximate surface area is 181 Å². The van der Waals surface area contributed by atoms with Crippen LogP contribution >= 0.6 is 11.6 Å². The first-order valence-corrected chi connectivity index (χ1v) is 11.5. The molecule has 0 radical (unpaired) electrons. The van der Waals surface area contributed by atoms with Crippen molar-refractivity contribution in [2.75, 3.05) is 19.8 Å². The Kier molecular flexibility index (Phi) is 7.23. The lowest BCUT2D eigenvalue weighted by molar-refractivity contribution is -0.121. The molecule has 0 unspecified atom stereocenters. The second kappa shape index (κ2) is 9.68. The van der Waals surface area contributed by atoms with Gasteiger partial charge in [0.2, 0.25) is 15.9 Å². The van der Waals surface area contributed by atoms with E-state index in [0.29, 0.717) is 29.7 Å². The Bertz CT molecular complexity index is 1040. The summed E-state index contributed by atoms with van der Waals surface area (Å²) in [6.45, 7) is 5.11. The first-order valence-electron chi connectivity index (χ1n) is 9.68. The summed E-state index contributed by atoms with van der Waals surface area (Å²) in [5.41, 5.74) is 2.68. The molecule has 3 rings (SSSR count). The molecule has 30 heavy (non-hydrogen) atoms. The van der Waals surface area contributed by atoms with E-state index < -0.39 is 10.0 Å². The number of benzene rings is 2. The maximum atomic E-state index is 12.4. The SMILES string of the molecule is Cc1ccc(S(=O)(=O)NCCC(=O)NCc2cc(Cl)c3c(c2)OCCCO3)cc1C. The van der Waals surface area contributed by atoms with Crippen LogP contribution in [0.3, 0.4) is 0 Å². The number of ether oxygens (including phenoxy) is 2. The lowest BCUT2D eigenvalue weighted by atomic mass is 10.1. The molecule has 0 fully saturated rings. The van der Waals surface area contributed by atoms with Gasteiger partial charge in [0.15, 0.2) is 11.5 Å². The van der Waals surface area contributed by atoms with Crippen LogP contribution in [0.25, 0.3) is 0 Å². The molecule has 0 atom stereocenters. The summed E-state index contributed by atoms with van der Waals surface area (Å²) in [4.78, 5) is 12.3. The Hall–Kier alpha value is -2.29. The van der Waals surface area contributed by atoms with Gasteiger partial charge in [0.05, 0.1) is 23.1 Å². The van der Waals surface area contributed by atoms with Crippen molar-refractivity contribution in [2.24, 2.45) is 0 Å². The summed E-state index contributed by atoms with van der Waals surface area (Å²) >= 11 is 6.25. The standard InChI is InChI=1S/C21H25ClN2O5S/c1-14-4-5-17(10-15(14)2)30(26,27)24-7-6-20(25)23-13-16-11-18(22)21-19(12-16)28-8-3-9-29-21/h4-5,10-12,24H,3,6-9,13H2,1-2H3,(H,23,25). The lowest BCUT2D eigenvalue weighted by Crippen LogP contribution is -2.30. The van der Waals surface area contributed by atoms with Crippen LogP contribution in [0.5, 0.6) is 11.5 Å². The van der Waals surface area contributed by atoms with Gasteiger partial charge in [-0.1, -0.05) is 17.7 Å². The first kappa shape index (κ1) is 22.4. The van der Waals surface area contributed by atoms with Gasteiger partial charge in [-0.05, 0) is 54.8 Å². The normalized spacial score (nSPS) is 13.6. The summed E-state index contributed by atoms with van der Waals surface area (Å²) in [5, 5.41) is 3.19. The molecule has 0 spiro atoms. The van der Waals surface area contributed by atoms with Crippen LogP contribution in [-0.4, -0.2) is 34.1 Å². The fourth-order valence-corrected chi connectivity index (χ4v) is 4.34. The van der Waals surface area contributed by atoms with E-state index in [9.17, 15) is 13.2 Å². The van der Waals surface area contributed by atoms with Crippen molar-refractivity contribution in [1.82, 2.24) is 10.0 Å². The van der Waals surface area contributed by atoms with Crippen LogP contribution in [0.1, 0.15) is 29.5 Å². The van der Waals surface area contributed by atoms with Crippen molar-refractivity contribution in [3.05, 3.63) is 52.0 Å². The molecule has 2 N–H and O–H groups in total. The molecule has 2 aromatic carbocycles. The number of halogens is 1. The maximum absolute atomic E-state index is 12.4. The van der Waals surface area contributed by atoms with Gasteiger partial charge >= 0.3 is 0 Å². The number of rotatable bonds is 7. The summed E-state index contributed by atoms with van der Waals surface area (Å²) < 4.78 is 38.4. The van der Waals surface area contributed by atoms with Crippen LogP contribution in [0.4, 0.5) is 0 Å². The van der Waals surface area contributed by atoms with E-state index in [1.807, 2.05) is 13.8 Å². The molecule has 9 heteroatoms. The van der Waals surface area contributed by atoms with Gasteiger partial charge in [-0.3, -0.25) is 4.79 Å². The van der Waals surface area contributed by atoms with E-state index in [1.54, 1.807) is 30.3 Å². The molecule has 2 aromatic rings. The molecule has 0 saturated heterocycles. The average molecular weight is 453 g/mol. The minimum Gasteiger partial charge on any atom is -0.489 e. The van der Waals surface area contributed by atoms with Gasteiger partial charge in [-0.25, -0.2) is 13.1 Å². The van der Waals surface area contributed by atoms with Crippen LogP contribution in [0.2, 0.25) is 5.02 Å². The summed E-state index contributed by atoms with van der Waals surface area (Å²) in [6.07, 6.45) is 0.789. The summed E-state index contributed by atoms with van der Waals surface area (Å²) in [5.74, 6) is 0.802. The van der Waals surface area contributed by atoms with Crippen LogP contribution in [0, 0.1) is 13.8 Å². The molecule has 7 nitrogen and oxygen atoms in total. The lowest BCUT2D eigenvalue weighted by Gasteiger charge is -2.12. The third kappa shape index (κ3) is 5.65. The molecule has 1 heterocycles. The topological polar surface area (TPSA) is 93.7 Å². The van der Waals surface area contributed by atoms with E-state index in [4.69, 9.17) is 21.1 Å². The number of amides is 1. The zero-order valence-electron chi connectivity index (χ0n) is 17.0. The van der Waals surface area contributed by atoms with Gasteiger partial charge in [0, 0.05) is 25.9 Å². The number of carbonyl (C=O) groups excluding carboxylic acids is 1. The van der Waals surface area contributed by atoms with Gasteiger partial charge in [0.25, 0.3) is 0 Å². The predicted molar refractivity (Wildman–Crippen MR) is 115 cm³/mol. The first-order chi connectivity index (χ1) is 14.3. The molecule has 0 saturated carbocycles. The van der Waals surface area contributed by atoms with Crippen molar-refractivity contribution in [1.29, 1.82) is 0 Å². The largest absolute Gasteiger partial charge is 0.489 e. The number of fused-ring (bicyclic) bond motifs is 1. The molecule has 1 aliphatic rings. The third-order valence-corrected chi connectivity index (χ3v) is 6.52. The van der Waals surface area contributed by atoms with E-state index in [2.05, 4.69) is 10.0 Å². The molecule has 0 bridgehead atoms. The fourth-order valence-electron chi connectivity index (χ4n) is 2.94. The second-order valence-electron chi connectivity index (χ2n) is 7.13. The molecule has 1 aliphatic heterocycles. The Balaban J connectivity index is 1.51. The summed E-state index contributed by atoms with van der Waals surface area (Å²) in [7, 11) is -3.66. The summed E-state index contributed by atoms with van der Waals surface area (Å²) in [6, 6.07) is 8.44. The van der Waals surface area contributed by atoms with Crippen LogP contribution in [0.15, 0.2) is 35.2 Å². The number of hydrogen-bond acceptors (Lipinski definition) is 5. The number of nitrogens with one attached hydrogen (secondary N) is 2. The van der Waals surface area contributed by atoms with Gasteiger partial charge in [0.1, 0.15) is 0 Å². The second-order valence-corrected chi connectivity index (χ2v) is 9.30. The molecule has 1 amide bonds. The zero-order chi connectivity index (χ0) is 21.7. The smallest absolute Gasteiger partial charge is 0.240 e. The molecule has 0 aromatic heterocycles. The highest BCUT2D eigenvalue weighted by atomic mass is 35.5. The van der Waals surface area contributed by atoms with Crippen LogP contribution in [-0.2, 0) is 21.4 Å². The zero-order valence-corrected chi connectivity index (χ0v) is 18.5. The minimum atomic E-state index is -3.66. The van der Waals surface area contributed by atoms with E-state index >= 15 is 0 Å². The van der Waals surface area contributed by atoms with Crippen molar-refractivity contribution in [2.45, 2.75) is 38.1 Å². The van der Waals surface area contributed by atoms with E-state index in [1.165, 1.54) is 0 Å².